The minimum atomic E-state index is 0.0276. The van der Waals surface area contributed by atoms with Gasteiger partial charge in [-0.15, -0.1) is 11.3 Å². The molecule has 1 aromatic heterocycles. The summed E-state index contributed by atoms with van der Waals surface area (Å²) in [5.41, 5.74) is 3.70. The van der Waals surface area contributed by atoms with Crippen LogP contribution in [-0.4, -0.2) is 10.1 Å². The molecule has 3 aromatic carbocycles. The van der Waals surface area contributed by atoms with Gasteiger partial charge in [0.1, 0.15) is 5.01 Å². The van der Waals surface area contributed by atoms with Gasteiger partial charge in [-0.2, -0.15) is 0 Å². The van der Waals surface area contributed by atoms with Crippen LogP contribution in [0.15, 0.2) is 53.9 Å². The van der Waals surface area contributed by atoms with Gasteiger partial charge in [0.2, 0.25) is 0 Å². The Bertz CT molecular complexity index is 1080. The SMILES string of the molecule is OCc1csc(C2CCCc3c2ccc2c3ccc3ccccc32)n1. The molecule has 1 heterocycles. The number of hydrogen-bond donors (Lipinski definition) is 1. The van der Waals surface area contributed by atoms with Crippen LogP contribution in [0.1, 0.15) is 40.6 Å². The average molecular weight is 345 g/mol. The van der Waals surface area contributed by atoms with Crippen LogP contribution in [-0.2, 0) is 13.0 Å². The highest BCUT2D eigenvalue weighted by molar-refractivity contribution is 7.09. The van der Waals surface area contributed by atoms with E-state index in [1.54, 1.807) is 11.3 Å². The van der Waals surface area contributed by atoms with Crippen LogP contribution >= 0.6 is 11.3 Å². The fourth-order valence-corrected chi connectivity index (χ4v) is 5.19. The lowest BCUT2D eigenvalue weighted by Gasteiger charge is -2.25. The summed E-state index contributed by atoms with van der Waals surface area (Å²) in [6.45, 7) is 0.0276. The van der Waals surface area contributed by atoms with E-state index in [1.807, 2.05) is 5.38 Å². The summed E-state index contributed by atoms with van der Waals surface area (Å²) in [4.78, 5) is 4.65. The second-order valence-electron chi connectivity index (χ2n) is 6.80. The van der Waals surface area contributed by atoms with Gasteiger partial charge in [-0.05, 0) is 51.9 Å². The Labute approximate surface area is 150 Å². The maximum absolute atomic E-state index is 9.33. The van der Waals surface area contributed by atoms with E-state index in [-0.39, 0.29) is 6.61 Å². The number of nitrogens with zero attached hydrogens (tertiary/aromatic N) is 1. The van der Waals surface area contributed by atoms with Gasteiger partial charge in [-0.3, -0.25) is 0 Å². The van der Waals surface area contributed by atoms with E-state index in [1.165, 1.54) is 39.1 Å². The smallest absolute Gasteiger partial charge is 0.100 e. The van der Waals surface area contributed by atoms with Crippen molar-refractivity contribution in [2.75, 3.05) is 0 Å². The number of thiazole rings is 1. The predicted octanol–water partition coefficient (Wildman–Crippen LogP) is 5.41. The fraction of sp³-hybridized carbons (Fsp3) is 0.227. The van der Waals surface area contributed by atoms with E-state index >= 15 is 0 Å². The molecule has 0 saturated heterocycles. The number of benzene rings is 3. The molecule has 1 aliphatic rings. The monoisotopic (exact) mass is 345 g/mol. The zero-order valence-electron chi connectivity index (χ0n) is 13.9. The first kappa shape index (κ1) is 15.1. The van der Waals surface area contributed by atoms with E-state index in [2.05, 4.69) is 53.5 Å². The summed E-state index contributed by atoms with van der Waals surface area (Å²) in [6.07, 6.45) is 3.47. The second kappa shape index (κ2) is 5.94. The molecule has 1 N–H and O–H groups in total. The summed E-state index contributed by atoms with van der Waals surface area (Å²) in [5, 5.41) is 17.8. The van der Waals surface area contributed by atoms with Gasteiger partial charge >= 0.3 is 0 Å². The highest BCUT2D eigenvalue weighted by Gasteiger charge is 2.25. The molecule has 2 nitrogen and oxygen atoms in total. The Morgan fingerprint density at radius 1 is 1.00 bits per heavy atom. The summed E-state index contributed by atoms with van der Waals surface area (Å²) in [5.74, 6) is 0.366. The molecule has 0 spiro atoms. The summed E-state index contributed by atoms with van der Waals surface area (Å²) < 4.78 is 0. The lowest BCUT2D eigenvalue weighted by Crippen LogP contribution is -2.11. The number of aryl methyl sites for hydroxylation is 1. The predicted molar refractivity (Wildman–Crippen MR) is 104 cm³/mol. The maximum atomic E-state index is 9.33. The van der Waals surface area contributed by atoms with Crippen molar-refractivity contribution >= 4 is 32.9 Å². The van der Waals surface area contributed by atoms with Gasteiger partial charge in [0.15, 0.2) is 0 Å². The van der Waals surface area contributed by atoms with Crippen LogP contribution in [0.25, 0.3) is 21.5 Å². The largest absolute Gasteiger partial charge is 0.390 e. The Hall–Kier alpha value is -2.23. The van der Waals surface area contributed by atoms with Crippen molar-refractivity contribution in [3.8, 4) is 0 Å². The molecule has 1 unspecified atom stereocenters. The highest BCUT2D eigenvalue weighted by Crippen LogP contribution is 2.41. The number of hydrogen-bond acceptors (Lipinski definition) is 3. The van der Waals surface area contributed by atoms with Crippen molar-refractivity contribution in [2.45, 2.75) is 31.8 Å². The fourth-order valence-electron chi connectivity index (χ4n) is 4.22. The van der Waals surface area contributed by atoms with Gasteiger partial charge in [-0.1, -0.05) is 48.5 Å². The third-order valence-corrected chi connectivity index (χ3v) is 6.41. The zero-order chi connectivity index (χ0) is 16.8. The first-order valence-electron chi connectivity index (χ1n) is 8.83. The third kappa shape index (κ3) is 2.38. The van der Waals surface area contributed by atoms with E-state index in [0.717, 1.165) is 23.5 Å². The normalized spacial score (nSPS) is 17.1. The van der Waals surface area contributed by atoms with Crippen molar-refractivity contribution in [3.63, 3.8) is 0 Å². The van der Waals surface area contributed by atoms with E-state index in [9.17, 15) is 5.11 Å². The van der Waals surface area contributed by atoms with Crippen molar-refractivity contribution in [2.24, 2.45) is 0 Å². The molecule has 0 radical (unpaired) electrons. The molecule has 0 fully saturated rings. The molecule has 4 aromatic rings. The van der Waals surface area contributed by atoms with Gasteiger partial charge < -0.3 is 5.11 Å². The summed E-state index contributed by atoms with van der Waals surface area (Å²) >= 11 is 1.68. The molecule has 0 saturated carbocycles. The maximum Gasteiger partial charge on any atom is 0.100 e. The quantitative estimate of drug-likeness (QED) is 0.493. The third-order valence-electron chi connectivity index (χ3n) is 5.40. The molecule has 124 valence electrons. The first-order valence-corrected chi connectivity index (χ1v) is 9.71. The number of aromatic nitrogens is 1. The molecule has 0 amide bonds. The zero-order valence-corrected chi connectivity index (χ0v) is 14.7. The van der Waals surface area contributed by atoms with Crippen LogP contribution < -0.4 is 0 Å². The van der Waals surface area contributed by atoms with Crippen molar-refractivity contribution < 1.29 is 5.11 Å². The van der Waals surface area contributed by atoms with Gasteiger partial charge in [-0.25, -0.2) is 4.98 Å². The number of fused-ring (bicyclic) bond motifs is 5. The van der Waals surface area contributed by atoms with E-state index in [4.69, 9.17) is 0 Å². The molecular formula is C22H19NOS. The lowest BCUT2D eigenvalue weighted by molar-refractivity contribution is 0.277. The minimum Gasteiger partial charge on any atom is -0.390 e. The van der Waals surface area contributed by atoms with E-state index in [0.29, 0.717) is 5.92 Å². The topological polar surface area (TPSA) is 33.1 Å². The Morgan fingerprint density at radius 3 is 2.76 bits per heavy atom. The second-order valence-corrected chi connectivity index (χ2v) is 7.68. The minimum absolute atomic E-state index is 0.0276. The molecule has 3 heteroatoms. The molecular weight excluding hydrogens is 326 g/mol. The molecule has 1 aliphatic carbocycles. The first-order chi connectivity index (χ1) is 12.3. The average Bonchev–Trinajstić information content (AvgIpc) is 3.16. The molecule has 0 aliphatic heterocycles. The van der Waals surface area contributed by atoms with Crippen LogP contribution in [0.2, 0.25) is 0 Å². The summed E-state index contributed by atoms with van der Waals surface area (Å²) in [6, 6.07) is 17.8. The standard InChI is InChI=1S/C22H19NOS/c24-12-15-13-25-22(23-15)21-7-3-6-17-19-9-8-14-4-1-2-5-16(14)18(19)10-11-20(17)21/h1-2,4-5,8-11,13,21,24H,3,6-7,12H2. The van der Waals surface area contributed by atoms with Gasteiger partial charge in [0.05, 0.1) is 12.3 Å². The Kier molecular flexibility index (Phi) is 3.58. The van der Waals surface area contributed by atoms with Crippen LogP contribution in [0.3, 0.4) is 0 Å². The van der Waals surface area contributed by atoms with Crippen molar-refractivity contribution in [3.05, 3.63) is 75.7 Å². The highest BCUT2D eigenvalue weighted by atomic mass is 32.1. The van der Waals surface area contributed by atoms with Crippen LogP contribution in [0.5, 0.6) is 0 Å². The molecule has 25 heavy (non-hydrogen) atoms. The molecule has 1 atom stereocenters. The number of aliphatic hydroxyl groups excluding tert-OH is 1. The Morgan fingerprint density at radius 2 is 1.88 bits per heavy atom. The van der Waals surface area contributed by atoms with Crippen LogP contribution in [0.4, 0.5) is 0 Å². The van der Waals surface area contributed by atoms with Gasteiger partial charge in [0, 0.05) is 11.3 Å². The molecule has 0 bridgehead atoms. The van der Waals surface area contributed by atoms with Crippen LogP contribution in [0, 0.1) is 0 Å². The molecule has 5 rings (SSSR count). The lowest BCUT2D eigenvalue weighted by atomic mass is 9.80. The summed E-state index contributed by atoms with van der Waals surface area (Å²) in [7, 11) is 0. The number of aliphatic hydroxyl groups is 1. The van der Waals surface area contributed by atoms with E-state index < -0.39 is 0 Å². The number of rotatable bonds is 2. The van der Waals surface area contributed by atoms with Crippen molar-refractivity contribution in [1.82, 2.24) is 4.98 Å². The van der Waals surface area contributed by atoms with Gasteiger partial charge in [0.25, 0.3) is 0 Å². The van der Waals surface area contributed by atoms with Crippen molar-refractivity contribution in [1.29, 1.82) is 0 Å². The Balaban J connectivity index is 1.72.